The van der Waals surface area contributed by atoms with Crippen LogP contribution in [-0.4, -0.2) is 55.0 Å². The van der Waals surface area contributed by atoms with E-state index in [0.29, 0.717) is 32.5 Å². The molecule has 1 aliphatic heterocycles. The van der Waals surface area contributed by atoms with E-state index >= 15 is 0 Å². The van der Waals surface area contributed by atoms with Crippen molar-refractivity contribution >= 4 is 12.1 Å². The molecule has 1 atom stereocenters. The minimum atomic E-state index is -0.490. The molecule has 1 rings (SSSR count). The molecule has 1 heterocycles. The summed E-state index contributed by atoms with van der Waals surface area (Å²) in [5.41, 5.74) is -0.817. The second-order valence-corrected chi connectivity index (χ2v) is 6.72. The topological polar surface area (TPSA) is 65.1 Å². The van der Waals surface area contributed by atoms with Gasteiger partial charge in [-0.05, 0) is 40.0 Å². The number of carbonyl (C=O) groups excluding carboxylic acids is 2. The predicted octanol–water partition coefficient (Wildman–Crippen LogP) is 2.75. The molecule has 1 saturated heterocycles. The van der Waals surface area contributed by atoms with E-state index in [1.54, 1.807) is 4.90 Å². The van der Waals surface area contributed by atoms with E-state index in [2.05, 4.69) is 11.7 Å². The zero-order valence-electron chi connectivity index (χ0n) is 14.4. The summed E-state index contributed by atoms with van der Waals surface area (Å²) in [6.07, 6.45) is 2.30. The third kappa shape index (κ3) is 5.83. The number of ether oxygens (including phenoxy) is 3. The fourth-order valence-corrected chi connectivity index (χ4v) is 2.44. The molecule has 0 N–H and O–H groups in total. The second kappa shape index (κ2) is 7.81. The van der Waals surface area contributed by atoms with E-state index < -0.39 is 5.60 Å². The molecule has 0 bridgehead atoms. The average Bonchev–Trinajstić information content (AvgIpc) is 2.87. The molecule has 0 saturated carbocycles. The highest BCUT2D eigenvalue weighted by atomic mass is 16.6. The van der Waals surface area contributed by atoms with Crippen LogP contribution in [0.25, 0.3) is 0 Å². The zero-order valence-corrected chi connectivity index (χ0v) is 14.4. The molecule has 0 aromatic heterocycles. The Hall–Kier alpha value is -1.30. The molecule has 0 aromatic rings. The highest BCUT2D eigenvalue weighted by Gasteiger charge is 2.40. The van der Waals surface area contributed by atoms with Crippen LogP contribution < -0.4 is 0 Å². The lowest BCUT2D eigenvalue weighted by Gasteiger charge is -2.29. The van der Waals surface area contributed by atoms with Gasteiger partial charge < -0.3 is 19.1 Å². The molecule has 6 heteroatoms. The number of amides is 1. The Morgan fingerprint density at radius 3 is 2.50 bits per heavy atom. The summed E-state index contributed by atoms with van der Waals surface area (Å²) in [7, 11) is 1.38. The van der Waals surface area contributed by atoms with Gasteiger partial charge in [0.05, 0.1) is 19.3 Å². The number of hydrogen-bond acceptors (Lipinski definition) is 5. The van der Waals surface area contributed by atoms with Crippen molar-refractivity contribution in [1.82, 2.24) is 4.90 Å². The molecule has 1 fully saturated rings. The highest BCUT2D eigenvalue weighted by Crippen LogP contribution is 2.30. The van der Waals surface area contributed by atoms with Crippen LogP contribution in [0, 0.1) is 0 Å². The molecule has 22 heavy (non-hydrogen) atoms. The lowest BCUT2D eigenvalue weighted by molar-refractivity contribution is -0.141. The minimum absolute atomic E-state index is 0.226. The number of rotatable bonds is 6. The summed E-state index contributed by atoms with van der Waals surface area (Å²) in [6.45, 7) is 9.30. The first-order chi connectivity index (χ1) is 10.2. The van der Waals surface area contributed by atoms with Crippen molar-refractivity contribution < 1.29 is 23.8 Å². The number of esters is 1. The largest absolute Gasteiger partial charge is 0.469 e. The molecule has 1 unspecified atom stereocenters. The van der Waals surface area contributed by atoms with Gasteiger partial charge in [0.1, 0.15) is 5.60 Å². The summed E-state index contributed by atoms with van der Waals surface area (Å²) in [5.74, 6) is -0.226. The fraction of sp³-hybridized carbons (Fsp3) is 0.875. The van der Waals surface area contributed by atoms with Crippen molar-refractivity contribution in [1.29, 1.82) is 0 Å². The summed E-state index contributed by atoms with van der Waals surface area (Å²) >= 11 is 0. The Bertz CT molecular complexity index is 390. The first kappa shape index (κ1) is 18.7. The molecule has 0 aliphatic carbocycles. The van der Waals surface area contributed by atoms with E-state index in [9.17, 15) is 9.59 Å². The molecule has 0 spiro atoms. The van der Waals surface area contributed by atoms with Gasteiger partial charge in [-0.15, -0.1) is 0 Å². The van der Waals surface area contributed by atoms with Crippen LogP contribution in [0.3, 0.4) is 0 Å². The maximum Gasteiger partial charge on any atom is 0.410 e. The predicted molar refractivity (Wildman–Crippen MR) is 82.6 cm³/mol. The molecule has 128 valence electrons. The molecular formula is C16H29NO5. The van der Waals surface area contributed by atoms with Gasteiger partial charge in [0.2, 0.25) is 0 Å². The Morgan fingerprint density at radius 2 is 1.95 bits per heavy atom. The van der Waals surface area contributed by atoms with Crippen molar-refractivity contribution in [3.8, 4) is 0 Å². The van der Waals surface area contributed by atoms with Gasteiger partial charge in [0.15, 0.2) is 0 Å². The molecule has 0 aromatic carbocycles. The summed E-state index contributed by atoms with van der Waals surface area (Å²) in [5, 5.41) is 0. The molecule has 0 radical (unpaired) electrons. The second-order valence-electron chi connectivity index (χ2n) is 6.72. The molecule has 1 aliphatic rings. The van der Waals surface area contributed by atoms with Crippen LogP contribution in [0.4, 0.5) is 4.79 Å². The monoisotopic (exact) mass is 315 g/mol. The SMILES string of the molecule is CCC1(OCCCC(=O)OC)CCN(C(=O)OC(C)(C)C)C1. The number of methoxy groups -OCH3 is 1. The van der Waals surface area contributed by atoms with E-state index in [0.717, 1.165) is 12.8 Å². The van der Waals surface area contributed by atoms with Gasteiger partial charge in [0.25, 0.3) is 0 Å². The van der Waals surface area contributed by atoms with Gasteiger partial charge in [-0.25, -0.2) is 4.79 Å². The first-order valence-electron chi connectivity index (χ1n) is 7.90. The molecule has 6 nitrogen and oxygen atoms in total. The minimum Gasteiger partial charge on any atom is -0.469 e. The Labute approximate surface area is 133 Å². The van der Waals surface area contributed by atoms with E-state index in [1.165, 1.54) is 7.11 Å². The maximum absolute atomic E-state index is 12.1. The van der Waals surface area contributed by atoms with Gasteiger partial charge in [0, 0.05) is 19.6 Å². The lowest BCUT2D eigenvalue weighted by Crippen LogP contribution is -2.40. The van der Waals surface area contributed by atoms with Crippen molar-refractivity contribution in [2.75, 3.05) is 26.8 Å². The molecular weight excluding hydrogens is 286 g/mol. The quantitative estimate of drug-likeness (QED) is 0.557. The van der Waals surface area contributed by atoms with Crippen LogP contribution in [-0.2, 0) is 19.0 Å². The normalized spacial score (nSPS) is 21.8. The van der Waals surface area contributed by atoms with Crippen molar-refractivity contribution in [2.24, 2.45) is 0 Å². The Kier molecular flexibility index (Phi) is 6.66. The van der Waals surface area contributed by atoms with E-state index in [4.69, 9.17) is 9.47 Å². The van der Waals surface area contributed by atoms with Crippen LogP contribution >= 0.6 is 0 Å². The van der Waals surface area contributed by atoms with Crippen molar-refractivity contribution in [3.63, 3.8) is 0 Å². The zero-order chi connectivity index (χ0) is 16.8. The number of nitrogens with zero attached hydrogens (tertiary/aromatic N) is 1. The van der Waals surface area contributed by atoms with E-state index in [1.807, 2.05) is 20.8 Å². The van der Waals surface area contributed by atoms with Crippen LogP contribution in [0.1, 0.15) is 53.4 Å². The third-order valence-electron chi connectivity index (χ3n) is 3.77. The third-order valence-corrected chi connectivity index (χ3v) is 3.77. The average molecular weight is 315 g/mol. The standard InChI is InChI=1S/C16H29NO5/c1-6-16(21-11-7-8-13(18)20-5)9-10-17(12-16)14(19)22-15(2,3)4/h6-12H2,1-5H3. The van der Waals surface area contributed by atoms with Crippen molar-refractivity contribution in [2.45, 2.75) is 64.6 Å². The summed E-state index contributed by atoms with van der Waals surface area (Å²) in [6, 6.07) is 0. The summed E-state index contributed by atoms with van der Waals surface area (Å²) in [4.78, 5) is 24.9. The smallest absolute Gasteiger partial charge is 0.410 e. The van der Waals surface area contributed by atoms with Crippen LogP contribution in [0.2, 0.25) is 0 Å². The van der Waals surface area contributed by atoms with Crippen molar-refractivity contribution in [3.05, 3.63) is 0 Å². The maximum atomic E-state index is 12.1. The molecule has 1 amide bonds. The van der Waals surface area contributed by atoms with Gasteiger partial charge in [-0.1, -0.05) is 6.92 Å². The number of likely N-dealkylation sites (tertiary alicyclic amines) is 1. The van der Waals surface area contributed by atoms with Gasteiger partial charge >= 0.3 is 12.1 Å². The van der Waals surface area contributed by atoms with E-state index in [-0.39, 0.29) is 17.7 Å². The summed E-state index contributed by atoms with van der Waals surface area (Å²) < 4.78 is 16.0. The Balaban J connectivity index is 2.45. The Morgan fingerprint density at radius 1 is 1.27 bits per heavy atom. The van der Waals surface area contributed by atoms with Gasteiger partial charge in [-0.3, -0.25) is 4.79 Å². The number of hydrogen-bond donors (Lipinski definition) is 0. The number of carbonyl (C=O) groups is 2. The highest BCUT2D eigenvalue weighted by molar-refractivity contribution is 5.69. The van der Waals surface area contributed by atoms with Gasteiger partial charge in [-0.2, -0.15) is 0 Å². The van der Waals surface area contributed by atoms with Crippen LogP contribution in [0.15, 0.2) is 0 Å². The fourth-order valence-electron chi connectivity index (χ4n) is 2.44. The lowest BCUT2D eigenvalue weighted by atomic mass is 10.00. The van der Waals surface area contributed by atoms with Crippen LogP contribution in [0.5, 0.6) is 0 Å². The first-order valence-corrected chi connectivity index (χ1v) is 7.90.